The second-order valence-electron chi connectivity index (χ2n) is 8.93. The molecule has 0 fully saturated rings. The van der Waals surface area contributed by atoms with E-state index in [-0.39, 0.29) is 30.6 Å². The number of hydrogen-bond acceptors (Lipinski definition) is 5. The molecule has 2 aromatic rings. The van der Waals surface area contributed by atoms with E-state index in [0.29, 0.717) is 30.1 Å². The molecule has 1 aliphatic rings. The summed E-state index contributed by atoms with van der Waals surface area (Å²) in [4.78, 5) is 21.9. The molecule has 0 radical (unpaired) electrons. The van der Waals surface area contributed by atoms with Gasteiger partial charge in [-0.05, 0) is 32.0 Å². The van der Waals surface area contributed by atoms with E-state index in [9.17, 15) is 9.90 Å². The summed E-state index contributed by atoms with van der Waals surface area (Å²) in [5.74, 6) is 6.41. The van der Waals surface area contributed by atoms with Crippen LogP contribution in [0.1, 0.15) is 55.1 Å². The van der Waals surface area contributed by atoms with E-state index in [1.807, 2.05) is 25.1 Å². The zero-order valence-corrected chi connectivity index (χ0v) is 20.1. The third kappa shape index (κ3) is 6.56. The topological polar surface area (TPSA) is 65.9 Å². The van der Waals surface area contributed by atoms with Crippen molar-refractivity contribution in [3.8, 4) is 17.7 Å². The Labute approximate surface area is 197 Å². The van der Waals surface area contributed by atoms with Gasteiger partial charge in [0, 0.05) is 43.7 Å². The molecule has 176 valence electrons. The van der Waals surface area contributed by atoms with E-state index in [2.05, 4.69) is 54.8 Å². The van der Waals surface area contributed by atoms with Crippen molar-refractivity contribution in [1.82, 2.24) is 14.8 Å². The normalized spacial score (nSPS) is 19.1. The number of rotatable bonds is 7. The Hall–Kier alpha value is -2.88. The molecule has 0 aliphatic carbocycles. The summed E-state index contributed by atoms with van der Waals surface area (Å²) < 4.78 is 6.36. The van der Waals surface area contributed by atoms with Gasteiger partial charge in [0.1, 0.15) is 11.7 Å². The molecule has 3 rings (SSSR count). The van der Waals surface area contributed by atoms with Crippen molar-refractivity contribution >= 4 is 5.91 Å². The van der Waals surface area contributed by atoms with Crippen molar-refractivity contribution in [1.29, 1.82) is 0 Å². The maximum atomic E-state index is 13.4. The first-order chi connectivity index (χ1) is 15.9. The lowest BCUT2D eigenvalue weighted by molar-refractivity contribution is 0.0325. The van der Waals surface area contributed by atoms with Crippen LogP contribution in [0.2, 0.25) is 0 Å². The fourth-order valence-corrected chi connectivity index (χ4v) is 3.94. The van der Waals surface area contributed by atoms with Gasteiger partial charge in [-0.3, -0.25) is 9.69 Å². The number of pyridine rings is 1. The maximum absolute atomic E-state index is 13.4. The highest BCUT2D eigenvalue weighted by Crippen LogP contribution is 2.27. The van der Waals surface area contributed by atoms with Crippen LogP contribution in [-0.2, 0) is 6.54 Å². The van der Waals surface area contributed by atoms with Gasteiger partial charge in [-0.15, -0.1) is 0 Å². The summed E-state index contributed by atoms with van der Waals surface area (Å²) in [7, 11) is 2.07. The number of carbonyl (C=O) groups is 1. The van der Waals surface area contributed by atoms with E-state index in [4.69, 9.17) is 4.74 Å². The summed E-state index contributed by atoms with van der Waals surface area (Å²) >= 11 is 0. The minimum Gasteiger partial charge on any atom is -0.472 e. The van der Waals surface area contributed by atoms with Gasteiger partial charge >= 0.3 is 0 Å². The number of aliphatic hydroxyl groups is 1. The number of carbonyl (C=O) groups excluding carboxylic acids is 1. The molecule has 1 amide bonds. The SMILES string of the molecule is CCCC#Cc1cnc2c(c1)C(=O)N([C@H](C)CO)C[C@H](C)[C@@H](CN(C)Cc1ccccc1)O2. The highest BCUT2D eigenvalue weighted by molar-refractivity contribution is 5.97. The highest BCUT2D eigenvalue weighted by Gasteiger charge is 2.34. The predicted octanol–water partition coefficient (Wildman–Crippen LogP) is 3.59. The van der Waals surface area contributed by atoms with Crippen molar-refractivity contribution in [2.24, 2.45) is 5.92 Å². The average molecular weight is 450 g/mol. The number of unbranched alkanes of at least 4 members (excludes halogenated alkanes) is 1. The fourth-order valence-electron chi connectivity index (χ4n) is 3.94. The summed E-state index contributed by atoms with van der Waals surface area (Å²) in [5, 5.41) is 9.80. The molecule has 1 aromatic heterocycles. The van der Waals surface area contributed by atoms with E-state index < -0.39 is 0 Å². The lowest BCUT2D eigenvalue weighted by Crippen LogP contribution is -2.49. The molecule has 1 N–H and O–H groups in total. The summed E-state index contributed by atoms with van der Waals surface area (Å²) in [6.07, 6.45) is 3.28. The molecule has 1 aromatic carbocycles. The molecule has 1 aliphatic heterocycles. The monoisotopic (exact) mass is 449 g/mol. The zero-order chi connectivity index (χ0) is 23.8. The smallest absolute Gasteiger partial charge is 0.259 e. The Kier molecular flexibility index (Phi) is 8.87. The van der Waals surface area contributed by atoms with Crippen LogP contribution >= 0.6 is 0 Å². The molecule has 3 atom stereocenters. The lowest BCUT2D eigenvalue weighted by Gasteiger charge is -2.37. The number of benzene rings is 1. The number of fused-ring (bicyclic) bond motifs is 1. The summed E-state index contributed by atoms with van der Waals surface area (Å²) in [6, 6.07) is 11.8. The summed E-state index contributed by atoms with van der Waals surface area (Å²) in [5.41, 5.74) is 2.33. The van der Waals surface area contributed by atoms with Crippen LogP contribution in [0.3, 0.4) is 0 Å². The molecule has 0 bridgehead atoms. The second kappa shape index (κ2) is 11.8. The van der Waals surface area contributed by atoms with Crippen molar-refractivity contribution in [2.75, 3.05) is 26.7 Å². The van der Waals surface area contributed by atoms with Gasteiger partial charge in [0.2, 0.25) is 5.88 Å². The van der Waals surface area contributed by atoms with Gasteiger partial charge in [0.05, 0.1) is 12.6 Å². The third-order valence-corrected chi connectivity index (χ3v) is 5.92. The van der Waals surface area contributed by atoms with Gasteiger partial charge in [-0.2, -0.15) is 0 Å². The molecule has 0 saturated carbocycles. The number of likely N-dealkylation sites (N-methyl/N-ethyl adjacent to an activating group) is 1. The van der Waals surface area contributed by atoms with Gasteiger partial charge in [0.15, 0.2) is 0 Å². The number of hydrogen-bond donors (Lipinski definition) is 1. The Morgan fingerprint density at radius 1 is 1.33 bits per heavy atom. The third-order valence-electron chi connectivity index (χ3n) is 5.92. The standard InChI is InChI=1S/C27H35N3O3/c1-5-6-8-13-23-14-24-26(28-15-23)33-25(18-29(4)17-22-11-9-7-10-12-22)20(2)16-30(27(24)32)21(3)19-31/h7,9-12,14-15,20-21,25,31H,5-6,16-19H2,1-4H3/t20-,21+,25+/m0/s1. The molecule has 2 heterocycles. The molecule has 0 unspecified atom stereocenters. The van der Waals surface area contributed by atoms with E-state index in [1.54, 1.807) is 17.2 Å². The first kappa shape index (κ1) is 24.8. The minimum atomic E-state index is -0.302. The quantitative estimate of drug-likeness (QED) is 0.655. The van der Waals surface area contributed by atoms with Gasteiger partial charge < -0.3 is 14.7 Å². The van der Waals surface area contributed by atoms with Crippen LogP contribution in [0.15, 0.2) is 42.6 Å². The molecule has 6 heteroatoms. The van der Waals surface area contributed by atoms with E-state index in [1.165, 1.54) is 5.56 Å². The number of aromatic nitrogens is 1. The molecule has 0 saturated heterocycles. The lowest BCUT2D eigenvalue weighted by atomic mass is 9.99. The van der Waals surface area contributed by atoms with Crippen LogP contribution in [0.25, 0.3) is 0 Å². The highest BCUT2D eigenvalue weighted by atomic mass is 16.5. The number of amides is 1. The van der Waals surface area contributed by atoms with Gasteiger partial charge in [-0.1, -0.05) is 56.0 Å². The Balaban J connectivity index is 1.89. The Bertz CT molecular complexity index is 983. The largest absolute Gasteiger partial charge is 0.472 e. The van der Waals surface area contributed by atoms with E-state index >= 15 is 0 Å². The van der Waals surface area contributed by atoms with Crippen molar-refractivity contribution in [3.63, 3.8) is 0 Å². The maximum Gasteiger partial charge on any atom is 0.259 e. The molecular weight excluding hydrogens is 414 g/mol. The van der Waals surface area contributed by atoms with Crippen LogP contribution in [0, 0.1) is 17.8 Å². The predicted molar refractivity (Wildman–Crippen MR) is 130 cm³/mol. The van der Waals surface area contributed by atoms with Crippen LogP contribution in [0.4, 0.5) is 0 Å². The summed E-state index contributed by atoms with van der Waals surface area (Å²) in [6.45, 7) is 7.91. The van der Waals surface area contributed by atoms with Gasteiger partial charge in [0.25, 0.3) is 5.91 Å². The van der Waals surface area contributed by atoms with Crippen molar-refractivity contribution in [3.05, 3.63) is 59.3 Å². The Morgan fingerprint density at radius 2 is 2.09 bits per heavy atom. The molecule has 0 spiro atoms. The van der Waals surface area contributed by atoms with Crippen molar-refractivity contribution < 1.29 is 14.6 Å². The fraction of sp³-hybridized carbons (Fsp3) is 0.481. The number of ether oxygens (including phenoxy) is 1. The zero-order valence-electron chi connectivity index (χ0n) is 20.1. The van der Waals surface area contributed by atoms with Crippen LogP contribution < -0.4 is 4.74 Å². The first-order valence-electron chi connectivity index (χ1n) is 11.7. The average Bonchev–Trinajstić information content (AvgIpc) is 2.82. The number of aliphatic hydroxyl groups excluding tert-OH is 1. The van der Waals surface area contributed by atoms with Gasteiger partial charge in [-0.25, -0.2) is 4.98 Å². The molecule has 6 nitrogen and oxygen atoms in total. The molecule has 33 heavy (non-hydrogen) atoms. The Morgan fingerprint density at radius 3 is 2.79 bits per heavy atom. The van der Waals surface area contributed by atoms with Crippen LogP contribution in [0.5, 0.6) is 5.88 Å². The van der Waals surface area contributed by atoms with Crippen molar-refractivity contribution in [2.45, 2.75) is 52.3 Å². The molecular formula is C27H35N3O3. The van der Waals surface area contributed by atoms with E-state index in [0.717, 1.165) is 19.4 Å². The minimum absolute atomic E-state index is 0.0557. The first-order valence-corrected chi connectivity index (χ1v) is 11.7. The second-order valence-corrected chi connectivity index (χ2v) is 8.93. The number of nitrogens with zero attached hydrogens (tertiary/aromatic N) is 3. The van der Waals surface area contributed by atoms with Crippen LogP contribution in [-0.4, -0.2) is 64.7 Å².